The molecule has 1 saturated carbocycles. The summed E-state index contributed by atoms with van der Waals surface area (Å²) in [5, 5.41) is 9.86. The first-order chi connectivity index (χ1) is 7.46. The van der Waals surface area contributed by atoms with Gasteiger partial charge in [-0.2, -0.15) is 0 Å². The van der Waals surface area contributed by atoms with Gasteiger partial charge in [-0.25, -0.2) is 4.39 Å². The lowest BCUT2D eigenvalue weighted by Crippen LogP contribution is -2.40. The molecule has 0 radical (unpaired) electrons. The van der Waals surface area contributed by atoms with Crippen LogP contribution in [0.1, 0.15) is 26.7 Å². The number of aliphatic hydroxyl groups is 1. The molecule has 1 N–H and O–H groups in total. The molecule has 0 aliphatic heterocycles. The fourth-order valence-corrected chi connectivity index (χ4v) is 1.89. The van der Waals surface area contributed by atoms with Gasteiger partial charge in [0.2, 0.25) is 0 Å². The van der Waals surface area contributed by atoms with Gasteiger partial charge in [0.05, 0.1) is 5.60 Å². The molecular weight excluding hydrogens is 205 g/mol. The van der Waals surface area contributed by atoms with Crippen molar-refractivity contribution >= 4 is 5.69 Å². The van der Waals surface area contributed by atoms with Crippen molar-refractivity contribution in [1.29, 1.82) is 0 Å². The molecule has 2 rings (SSSR count). The quantitative estimate of drug-likeness (QED) is 0.848. The molecule has 3 heteroatoms. The number of nitrogens with zero attached hydrogens (tertiary/aromatic N) is 1. The van der Waals surface area contributed by atoms with E-state index in [0.717, 1.165) is 18.5 Å². The average Bonchev–Trinajstić information content (AvgIpc) is 2.96. The van der Waals surface area contributed by atoms with Crippen molar-refractivity contribution in [3.8, 4) is 0 Å². The molecule has 16 heavy (non-hydrogen) atoms. The van der Waals surface area contributed by atoms with Gasteiger partial charge in [0.25, 0.3) is 0 Å². The van der Waals surface area contributed by atoms with Crippen LogP contribution < -0.4 is 4.90 Å². The topological polar surface area (TPSA) is 23.5 Å². The minimum absolute atomic E-state index is 0.223. The first-order valence-electron chi connectivity index (χ1n) is 5.70. The molecule has 1 fully saturated rings. The van der Waals surface area contributed by atoms with Crippen molar-refractivity contribution in [3.05, 3.63) is 30.1 Å². The van der Waals surface area contributed by atoms with Gasteiger partial charge in [-0.15, -0.1) is 0 Å². The number of benzene rings is 1. The maximum atomic E-state index is 13.2. The van der Waals surface area contributed by atoms with Gasteiger partial charge in [0, 0.05) is 18.3 Å². The lowest BCUT2D eigenvalue weighted by molar-refractivity contribution is 0.0869. The molecule has 1 aromatic rings. The van der Waals surface area contributed by atoms with Crippen molar-refractivity contribution in [2.45, 2.75) is 38.3 Å². The maximum Gasteiger partial charge on any atom is 0.125 e. The van der Waals surface area contributed by atoms with Crippen LogP contribution in [0.5, 0.6) is 0 Å². The van der Waals surface area contributed by atoms with E-state index in [1.807, 2.05) is 6.07 Å². The molecule has 0 unspecified atom stereocenters. The molecule has 0 spiro atoms. The molecule has 1 aliphatic rings. The van der Waals surface area contributed by atoms with Gasteiger partial charge in [-0.3, -0.25) is 0 Å². The summed E-state index contributed by atoms with van der Waals surface area (Å²) in [6.07, 6.45) is 2.26. The van der Waals surface area contributed by atoms with E-state index in [0.29, 0.717) is 12.6 Å². The van der Waals surface area contributed by atoms with Gasteiger partial charge in [0.1, 0.15) is 5.82 Å². The molecule has 0 atom stereocenters. The summed E-state index contributed by atoms with van der Waals surface area (Å²) < 4.78 is 13.2. The molecule has 1 aromatic carbocycles. The summed E-state index contributed by atoms with van der Waals surface area (Å²) in [6.45, 7) is 4.10. The van der Waals surface area contributed by atoms with Gasteiger partial charge < -0.3 is 10.0 Å². The van der Waals surface area contributed by atoms with Crippen molar-refractivity contribution in [1.82, 2.24) is 0 Å². The number of rotatable bonds is 4. The summed E-state index contributed by atoms with van der Waals surface area (Å²) in [5.41, 5.74) is 0.110. The van der Waals surface area contributed by atoms with Gasteiger partial charge in [-0.1, -0.05) is 6.07 Å². The zero-order valence-corrected chi connectivity index (χ0v) is 9.78. The lowest BCUT2D eigenvalue weighted by Gasteiger charge is -2.31. The largest absolute Gasteiger partial charge is 0.389 e. The van der Waals surface area contributed by atoms with Crippen LogP contribution in [0.15, 0.2) is 24.3 Å². The molecule has 0 heterocycles. The van der Waals surface area contributed by atoms with Gasteiger partial charge in [0.15, 0.2) is 0 Å². The molecular formula is C13H18FNO. The van der Waals surface area contributed by atoms with E-state index in [4.69, 9.17) is 0 Å². The molecule has 0 aromatic heterocycles. The van der Waals surface area contributed by atoms with Crippen LogP contribution in [0, 0.1) is 5.82 Å². The van der Waals surface area contributed by atoms with Crippen LogP contribution in [-0.4, -0.2) is 23.3 Å². The molecule has 0 amide bonds. The third-order valence-electron chi connectivity index (χ3n) is 2.68. The Kier molecular flexibility index (Phi) is 2.89. The summed E-state index contributed by atoms with van der Waals surface area (Å²) >= 11 is 0. The Morgan fingerprint density at radius 2 is 2.12 bits per heavy atom. The maximum absolute atomic E-state index is 13.2. The van der Waals surface area contributed by atoms with Crippen molar-refractivity contribution < 1.29 is 9.50 Å². The fraction of sp³-hybridized carbons (Fsp3) is 0.538. The second-order valence-corrected chi connectivity index (χ2v) is 5.15. The Balaban J connectivity index is 2.19. The molecule has 88 valence electrons. The van der Waals surface area contributed by atoms with Crippen molar-refractivity contribution in [2.75, 3.05) is 11.4 Å². The highest BCUT2D eigenvalue weighted by Crippen LogP contribution is 2.33. The zero-order chi connectivity index (χ0) is 11.8. The highest BCUT2D eigenvalue weighted by atomic mass is 19.1. The third-order valence-corrected chi connectivity index (χ3v) is 2.68. The average molecular weight is 223 g/mol. The Labute approximate surface area is 95.7 Å². The minimum atomic E-state index is -0.755. The molecule has 1 aliphatic carbocycles. The summed E-state index contributed by atoms with van der Waals surface area (Å²) in [6, 6.07) is 7.05. The first-order valence-corrected chi connectivity index (χ1v) is 5.70. The van der Waals surface area contributed by atoms with E-state index >= 15 is 0 Å². The SMILES string of the molecule is CC(C)(O)CN(c1cccc(F)c1)C1CC1. The highest BCUT2D eigenvalue weighted by molar-refractivity contribution is 5.49. The third kappa shape index (κ3) is 2.95. The van der Waals surface area contributed by atoms with E-state index in [9.17, 15) is 9.50 Å². The van der Waals surface area contributed by atoms with Crippen LogP contribution in [0.4, 0.5) is 10.1 Å². The standard InChI is InChI=1S/C13H18FNO/c1-13(2,16)9-15(11-6-7-11)12-5-3-4-10(14)8-12/h3-5,8,11,16H,6-7,9H2,1-2H3. The lowest BCUT2D eigenvalue weighted by atomic mass is 10.1. The minimum Gasteiger partial charge on any atom is -0.389 e. The summed E-state index contributed by atoms with van der Waals surface area (Å²) in [4.78, 5) is 2.10. The van der Waals surface area contributed by atoms with E-state index in [2.05, 4.69) is 4.90 Å². The fourth-order valence-electron chi connectivity index (χ4n) is 1.89. The smallest absolute Gasteiger partial charge is 0.125 e. The van der Waals surface area contributed by atoms with Crippen LogP contribution in [-0.2, 0) is 0 Å². The monoisotopic (exact) mass is 223 g/mol. The van der Waals surface area contributed by atoms with Gasteiger partial charge >= 0.3 is 0 Å². The van der Waals surface area contributed by atoms with Crippen LogP contribution in [0.25, 0.3) is 0 Å². The Morgan fingerprint density at radius 3 is 2.62 bits per heavy atom. The Morgan fingerprint density at radius 1 is 1.44 bits per heavy atom. The highest BCUT2D eigenvalue weighted by Gasteiger charge is 2.32. The summed E-state index contributed by atoms with van der Waals surface area (Å²) in [7, 11) is 0. The predicted octanol–water partition coefficient (Wildman–Crippen LogP) is 2.57. The molecule has 0 bridgehead atoms. The number of halogens is 1. The number of hydrogen-bond donors (Lipinski definition) is 1. The van der Waals surface area contributed by atoms with Crippen LogP contribution in [0.2, 0.25) is 0 Å². The molecule has 2 nitrogen and oxygen atoms in total. The normalized spacial score (nSPS) is 16.2. The van der Waals surface area contributed by atoms with Crippen molar-refractivity contribution in [3.63, 3.8) is 0 Å². The molecule has 0 saturated heterocycles. The Bertz CT molecular complexity index is 368. The second-order valence-electron chi connectivity index (χ2n) is 5.15. The first kappa shape index (κ1) is 11.4. The Hall–Kier alpha value is -1.09. The van der Waals surface area contributed by atoms with E-state index in [-0.39, 0.29) is 5.82 Å². The summed E-state index contributed by atoms with van der Waals surface area (Å²) in [5.74, 6) is -0.223. The van der Waals surface area contributed by atoms with Crippen LogP contribution >= 0.6 is 0 Å². The van der Waals surface area contributed by atoms with E-state index < -0.39 is 5.60 Å². The van der Waals surface area contributed by atoms with E-state index in [1.165, 1.54) is 12.1 Å². The van der Waals surface area contributed by atoms with E-state index in [1.54, 1.807) is 19.9 Å². The zero-order valence-electron chi connectivity index (χ0n) is 9.78. The van der Waals surface area contributed by atoms with Crippen LogP contribution in [0.3, 0.4) is 0 Å². The van der Waals surface area contributed by atoms with Gasteiger partial charge in [-0.05, 0) is 44.9 Å². The second kappa shape index (κ2) is 4.06. The number of hydrogen-bond acceptors (Lipinski definition) is 2. The number of anilines is 1. The van der Waals surface area contributed by atoms with Crippen molar-refractivity contribution in [2.24, 2.45) is 0 Å². The predicted molar refractivity (Wildman–Crippen MR) is 63.1 cm³/mol.